The van der Waals surface area contributed by atoms with Crippen LogP contribution in [0.15, 0.2) is 29.3 Å². The number of hydrogen-bond donors (Lipinski definition) is 2. The van der Waals surface area contributed by atoms with Crippen LogP contribution in [0.25, 0.3) is 0 Å². The molecule has 0 aliphatic heterocycles. The van der Waals surface area contributed by atoms with Gasteiger partial charge in [-0.3, -0.25) is 9.79 Å². The highest BCUT2D eigenvalue weighted by atomic mass is 127. The first-order valence-corrected chi connectivity index (χ1v) is 7.59. The van der Waals surface area contributed by atoms with Crippen molar-refractivity contribution in [3.8, 4) is 0 Å². The van der Waals surface area contributed by atoms with Crippen molar-refractivity contribution in [1.29, 1.82) is 0 Å². The number of nitrogens with zero attached hydrogens (tertiary/aromatic N) is 2. The van der Waals surface area contributed by atoms with Gasteiger partial charge in [0.25, 0.3) is 0 Å². The lowest BCUT2D eigenvalue weighted by Gasteiger charge is -2.20. The Labute approximate surface area is 167 Å². The highest BCUT2D eigenvalue weighted by Gasteiger charge is 2.31. The molecule has 0 aromatic heterocycles. The lowest BCUT2D eigenvalue weighted by atomic mass is 10.1. The van der Waals surface area contributed by atoms with Crippen LogP contribution in [-0.2, 0) is 11.2 Å². The van der Waals surface area contributed by atoms with Gasteiger partial charge < -0.3 is 15.5 Å². The van der Waals surface area contributed by atoms with Crippen molar-refractivity contribution in [1.82, 2.24) is 15.5 Å². The van der Waals surface area contributed by atoms with Gasteiger partial charge in [0.05, 0.1) is 6.54 Å². The summed E-state index contributed by atoms with van der Waals surface area (Å²) in [4.78, 5) is 16.2. The summed E-state index contributed by atoms with van der Waals surface area (Å²) in [7, 11) is 2.62. The van der Waals surface area contributed by atoms with Crippen LogP contribution in [0.2, 0.25) is 5.02 Å². The van der Waals surface area contributed by atoms with E-state index in [9.17, 15) is 18.0 Å². The highest BCUT2D eigenvalue weighted by Crippen LogP contribution is 2.15. The Morgan fingerprint density at radius 2 is 1.84 bits per heavy atom. The van der Waals surface area contributed by atoms with Crippen molar-refractivity contribution in [2.24, 2.45) is 4.99 Å². The number of rotatable bonds is 6. The van der Waals surface area contributed by atoms with Crippen LogP contribution in [0.4, 0.5) is 13.2 Å². The number of hydrogen-bond acceptors (Lipinski definition) is 2. The topological polar surface area (TPSA) is 56.7 Å². The van der Waals surface area contributed by atoms with Gasteiger partial charge in [0.2, 0.25) is 5.91 Å². The molecule has 0 fully saturated rings. The van der Waals surface area contributed by atoms with E-state index < -0.39 is 18.6 Å². The average Bonchev–Trinajstić information content (AvgIpc) is 2.50. The molecule has 1 amide bonds. The standard InChI is InChI=1S/C15H20ClF3N4O.HI/c1-20-14(21-8-7-11-3-5-12(16)6-4-11)22-9-13(24)23(2)10-15(17,18)19;/h3-6H,7-10H2,1-2H3,(H2,20,21,22);1H. The van der Waals surface area contributed by atoms with Crippen LogP contribution in [0.3, 0.4) is 0 Å². The molecule has 0 saturated carbocycles. The van der Waals surface area contributed by atoms with E-state index in [0.29, 0.717) is 28.8 Å². The number of carbonyl (C=O) groups excluding carboxylic acids is 1. The van der Waals surface area contributed by atoms with Crippen LogP contribution in [-0.4, -0.2) is 56.7 Å². The smallest absolute Gasteiger partial charge is 0.356 e. The molecule has 0 aliphatic rings. The number of nitrogens with one attached hydrogen (secondary N) is 2. The monoisotopic (exact) mass is 492 g/mol. The summed E-state index contributed by atoms with van der Waals surface area (Å²) in [5, 5.41) is 6.34. The summed E-state index contributed by atoms with van der Waals surface area (Å²) in [5.74, 6) is -0.328. The molecule has 0 heterocycles. The van der Waals surface area contributed by atoms with Crippen LogP contribution >= 0.6 is 35.6 Å². The fraction of sp³-hybridized carbons (Fsp3) is 0.467. The molecule has 0 bridgehead atoms. The molecule has 142 valence electrons. The van der Waals surface area contributed by atoms with E-state index in [4.69, 9.17) is 11.6 Å². The van der Waals surface area contributed by atoms with Gasteiger partial charge >= 0.3 is 6.18 Å². The van der Waals surface area contributed by atoms with E-state index in [1.807, 2.05) is 12.1 Å². The van der Waals surface area contributed by atoms with Gasteiger partial charge in [0.15, 0.2) is 5.96 Å². The third-order valence-electron chi connectivity index (χ3n) is 3.09. The number of amides is 1. The molecule has 2 N–H and O–H groups in total. The SMILES string of the molecule is CN=C(NCCc1ccc(Cl)cc1)NCC(=O)N(C)CC(F)(F)F.I. The summed E-state index contributed by atoms with van der Waals surface area (Å²) in [6.07, 6.45) is -3.71. The Hall–Kier alpha value is -1.23. The van der Waals surface area contributed by atoms with Crippen molar-refractivity contribution in [2.45, 2.75) is 12.6 Å². The first kappa shape index (κ1) is 23.8. The van der Waals surface area contributed by atoms with Gasteiger partial charge in [-0.25, -0.2) is 0 Å². The number of halogens is 5. The molecule has 0 unspecified atom stereocenters. The molecule has 0 atom stereocenters. The minimum absolute atomic E-state index is 0. The zero-order valence-corrected chi connectivity index (χ0v) is 16.9. The predicted octanol–water partition coefficient (Wildman–Crippen LogP) is 2.69. The minimum Gasteiger partial charge on any atom is -0.356 e. The first-order chi connectivity index (χ1) is 11.2. The van der Waals surface area contributed by atoms with Crippen LogP contribution in [0.1, 0.15) is 5.56 Å². The second-order valence-corrected chi connectivity index (χ2v) is 5.53. The maximum absolute atomic E-state index is 12.2. The van der Waals surface area contributed by atoms with Crippen molar-refractivity contribution in [3.63, 3.8) is 0 Å². The zero-order chi connectivity index (χ0) is 18.2. The average molecular weight is 493 g/mol. The number of likely N-dealkylation sites (N-methyl/N-ethyl adjacent to an activating group) is 1. The van der Waals surface area contributed by atoms with Crippen molar-refractivity contribution in [2.75, 3.05) is 33.7 Å². The number of alkyl halides is 3. The Morgan fingerprint density at radius 1 is 1.24 bits per heavy atom. The van der Waals surface area contributed by atoms with Crippen LogP contribution in [0, 0.1) is 0 Å². The molecule has 1 aromatic rings. The third kappa shape index (κ3) is 10.4. The number of aliphatic imine (C=N–C) groups is 1. The first-order valence-electron chi connectivity index (χ1n) is 7.21. The Morgan fingerprint density at radius 3 is 2.36 bits per heavy atom. The summed E-state index contributed by atoms with van der Waals surface area (Å²) in [6, 6.07) is 7.38. The molecular weight excluding hydrogens is 472 g/mol. The van der Waals surface area contributed by atoms with E-state index in [1.54, 1.807) is 12.1 Å². The molecule has 0 spiro atoms. The molecule has 0 radical (unpaired) electrons. The summed E-state index contributed by atoms with van der Waals surface area (Å²) in [6.45, 7) is -1.00. The third-order valence-corrected chi connectivity index (χ3v) is 3.34. The van der Waals surface area contributed by atoms with Crippen LogP contribution in [0.5, 0.6) is 0 Å². The van der Waals surface area contributed by atoms with Crippen molar-refractivity contribution in [3.05, 3.63) is 34.9 Å². The van der Waals surface area contributed by atoms with Gasteiger partial charge in [-0.2, -0.15) is 13.2 Å². The summed E-state index contributed by atoms with van der Waals surface area (Å²) >= 11 is 5.80. The van der Waals surface area contributed by atoms with Crippen LogP contribution < -0.4 is 10.6 Å². The molecule has 5 nitrogen and oxygen atoms in total. The van der Waals surface area contributed by atoms with E-state index >= 15 is 0 Å². The number of carbonyl (C=O) groups is 1. The number of guanidine groups is 1. The van der Waals surface area contributed by atoms with E-state index in [-0.39, 0.29) is 30.5 Å². The number of benzene rings is 1. The van der Waals surface area contributed by atoms with Crippen molar-refractivity contribution >= 4 is 47.4 Å². The molecule has 0 aliphatic carbocycles. The molecular formula is C15H21ClF3IN4O. The maximum Gasteiger partial charge on any atom is 0.406 e. The van der Waals surface area contributed by atoms with E-state index in [1.165, 1.54) is 7.05 Å². The molecule has 1 aromatic carbocycles. The summed E-state index contributed by atoms with van der Waals surface area (Å²) < 4.78 is 36.7. The lowest BCUT2D eigenvalue weighted by Crippen LogP contribution is -2.45. The Bertz CT molecular complexity index is 567. The fourth-order valence-corrected chi connectivity index (χ4v) is 1.97. The van der Waals surface area contributed by atoms with Gasteiger partial charge in [-0.15, -0.1) is 24.0 Å². The molecule has 1 rings (SSSR count). The molecule has 10 heteroatoms. The quantitative estimate of drug-likeness (QED) is 0.365. The zero-order valence-electron chi connectivity index (χ0n) is 13.9. The second-order valence-electron chi connectivity index (χ2n) is 5.09. The van der Waals surface area contributed by atoms with Gasteiger partial charge in [0, 0.05) is 25.7 Å². The summed E-state index contributed by atoms with van der Waals surface area (Å²) in [5.41, 5.74) is 1.07. The normalized spacial score (nSPS) is 11.5. The Balaban J connectivity index is 0.00000576. The highest BCUT2D eigenvalue weighted by molar-refractivity contribution is 14.0. The van der Waals surface area contributed by atoms with Crippen molar-refractivity contribution < 1.29 is 18.0 Å². The van der Waals surface area contributed by atoms with Gasteiger partial charge in [-0.05, 0) is 24.1 Å². The van der Waals surface area contributed by atoms with E-state index in [0.717, 1.165) is 12.6 Å². The minimum atomic E-state index is -4.41. The largest absolute Gasteiger partial charge is 0.406 e. The lowest BCUT2D eigenvalue weighted by molar-refractivity contribution is -0.157. The molecule has 0 saturated heterocycles. The fourth-order valence-electron chi connectivity index (χ4n) is 1.85. The van der Waals surface area contributed by atoms with Gasteiger partial charge in [-0.1, -0.05) is 23.7 Å². The Kier molecular flexibility index (Phi) is 10.8. The van der Waals surface area contributed by atoms with Gasteiger partial charge in [0.1, 0.15) is 6.54 Å². The second kappa shape index (κ2) is 11.4. The molecule has 25 heavy (non-hydrogen) atoms. The maximum atomic E-state index is 12.2. The van der Waals surface area contributed by atoms with E-state index in [2.05, 4.69) is 15.6 Å². The predicted molar refractivity (Wildman–Crippen MR) is 104 cm³/mol.